The highest BCUT2D eigenvalue weighted by molar-refractivity contribution is 14.1. The van der Waals surface area contributed by atoms with E-state index in [9.17, 15) is 17.6 Å². The lowest BCUT2D eigenvalue weighted by Crippen LogP contribution is -2.50. The van der Waals surface area contributed by atoms with Gasteiger partial charge in [-0.1, -0.05) is 30.7 Å². The highest BCUT2D eigenvalue weighted by Crippen LogP contribution is 2.33. The number of carbonyl (C=O) groups is 1. The number of sulfone groups is 1. The molecule has 1 amide bonds. The molecule has 33 heavy (non-hydrogen) atoms. The second kappa shape index (κ2) is 9.69. The second-order valence-electron chi connectivity index (χ2n) is 7.62. The number of aromatic nitrogens is 2. The zero-order valence-corrected chi connectivity index (χ0v) is 21.4. The Balaban J connectivity index is 1.79. The second-order valence-corrected chi connectivity index (χ2v) is 11.6. The molecule has 1 N–H and O–H groups in total. The van der Waals surface area contributed by atoms with E-state index in [-0.39, 0.29) is 35.3 Å². The Morgan fingerprint density at radius 2 is 1.85 bits per heavy atom. The highest BCUT2D eigenvalue weighted by atomic mass is 127. The summed E-state index contributed by atoms with van der Waals surface area (Å²) >= 11 is 8.56. The number of amides is 1. The molecule has 0 bridgehead atoms. The monoisotopic (exact) mass is 602 g/mol. The predicted octanol–water partition coefficient (Wildman–Crippen LogP) is 3.87. The van der Waals surface area contributed by atoms with Crippen LogP contribution in [0.25, 0.3) is 16.9 Å². The van der Waals surface area contributed by atoms with Crippen molar-refractivity contribution in [2.24, 2.45) is 0 Å². The lowest BCUT2D eigenvalue weighted by Gasteiger charge is -2.26. The Bertz CT molecular complexity index is 1300. The quantitative estimate of drug-likeness (QED) is 0.449. The van der Waals surface area contributed by atoms with Gasteiger partial charge < -0.3 is 0 Å². The summed E-state index contributed by atoms with van der Waals surface area (Å²) in [7, 11) is -3.07. The van der Waals surface area contributed by atoms with Gasteiger partial charge in [0.15, 0.2) is 15.5 Å². The van der Waals surface area contributed by atoms with Gasteiger partial charge in [-0.15, -0.1) is 0 Å². The van der Waals surface area contributed by atoms with Crippen LogP contribution in [-0.4, -0.2) is 53.7 Å². The van der Waals surface area contributed by atoms with Crippen LogP contribution in [0.4, 0.5) is 4.39 Å². The minimum absolute atomic E-state index is 0.0125. The summed E-state index contributed by atoms with van der Waals surface area (Å²) in [4.78, 5) is 13.2. The largest absolute Gasteiger partial charge is 0.286 e. The Morgan fingerprint density at radius 1 is 1.18 bits per heavy atom. The lowest BCUT2D eigenvalue weighted by atomic mass is 10.0. The lowest BCUT2D eigenvalue weighted by molar-refractivity contribution is 0.0795. The summed E-state index contributed by atoms with van der Waals surface area (Å²) in [5, 5.41) is 6.35. The minimum Gasteiger partial charge on any atom is -0.283 e. The highest BCUT2D eigenvalue weighted by Gasteiger charge is 2.28. The van der Waals surface area contributed by atoms with Crippen LogP contribution in [0.5, 0.6) is 0 Å². The van der Waals surface area contributed by atoms with Gasteiger partial charge in [-0.2, -0.15) is 5.10 Å². The summed E-state index contributed by atoms with van der Waals surface area (Å²) in [5.74, 6) is -0.932. The van der Waals surface area contributed by atoms with E-state index in [1.165, 1.54) is 18.2 Å². The number of hydrogen-bond acceptors (Lipinski definition) is 5. The molecule has 11 heteroatoms. The first kappa shape index (κ1) is 24.1. The number of benzene rings is 2. The standard InChI is InChI=1S/C22H21ClFIN4O3S/c1-2-17-20(22(30)27-28-9-11-33(31,32)12-10-28)26-29(19-8-5-15(24)13-18(19)23)21(17)14-3-6-16(25)7-4-14/h3-8,13H,2,9-12H2,1H3,(H,27,30). The molecule has 3 aromatic rings. The summed E-state index contributed by atoms with van der Waals surface area (Å²) < 4.78 is 39.7. The number of hydrogen-bond donors (Lipinski definition) is 1. The summed E-state index contributed by atoms with van der Waals surface area (Å²) in [6, 6.07) is 11.8. The van der Waals surface area contributed by atoms with Crippen molar-refractivity contribution in [2.75, 3.05) is 24.6 Å². The average Bonchev–Trinajstić information content (AvgIpc) is 3.15. The van der Waals surface area contributed by atoms with Gasteiger partial charge >= 0.3 is 0 Å². The molecule has 7 nitrogen and oxygen atoms in total. The average molecular weight is 603 g/mol. The fraction of sp³-hybridized carbons (Fsp3) is 0.273. The SMILES string of the molecule is CCc1c(C(=O)NN2CCS(=O)(=O)CC2)nn(-c2ccc(F)cc2Cl)c1-c1ccc(I)cc1. The molecule has 1 aliphatic rings. The first-order chi connectivity index (χ1) is 15.7. The third-order valence-corrected chi connectivity index (χ3v) is 8.04. The van der Waals surface area contributed by atoms with E-state index in [1.54, 1.807) is 9.69 Å². The molecule has 0 saturated carbocycles. The minimum atomic E-state index is -3.07. The molecular formula is C22H21ClFIN4O3S. The number of hydrazine groups is 1. The van der Waals surface area contributed by atoms with Crippen LogP contribution in [0.3, 0.4) is 0 Å². The summed E-state index contributed by atoms with van der Waals surface area (Å²) in [6.07, 6.45) is 0.511. The molecular weight excluding hydrogens is 582 g/mol. The maximum Gasteiger partial charge on any atom is 0.286 e. The smallest absolute Gasteiger partial charge is 0.283 e. The molecule has 0 unspecified atom stereocenters. The van der Waals surface area contributed by atoms with Gasteiger partial charge in [0, 0.05) is 27.8 Å². The van der Waals surface area contributed by atoms with E-state index in [2.05, 4.69) is 33.1 Å². The molecule has 0 spiro atoms. The van der Waals surface area contributed by atoms with Crippen LogP contribution >= 0.6 is 34.2 Å². The van der Waals surface area contributed by atoms with Gasteiger partial charge in [-0.05, 0) is 59.3 Å². The van der Waals surface area contributed by atoms with Gasteiger partial charge in [-0.3, -0.25) is 10.2 Å². The fourth-order valence-corrected chi connectivity index (χ4v) is 5.53. The van der Waals surface area contributed by atoms with E-state index in [1.807, 2.05) is 31.2 Å². The van der Waals surface area contributed by atoms with Crippen LogP contribution in [0.1, 0.15) is 23.0 Å². The van der Waals surface area contributed by atoms with Crippen molar-refractivity contribution in [3.05, 3.63) is 68.1 Å². The first-order valence-corrected chi connectivity index (χ1v) is 13.6. The Labute approximate surface area is 209 Å². The van der Waals surface area contributed by atoms with E-state index < -0.39 is 21.6 Å². The molecule has 0 radical (unpaired) electrons. The van der Waals surface area contributed by atoms with Crippen LogP contribution in [0, 0.1) is 9.39 Å². The molecule has 1 aliphatic heterocycles. The Hall–Kier alpha value is -2.02. The molecule has 0 atom stereocenters. The van der Waals surface area contributed by atoms with Gasteiger partial charge in [0.25, 0.3) is 5.91 Å². The molecule has 4 rings (SSSR count). The van der Waals surface area contributed by atoms with Gasteiger partial charge in [0.2, 0.25) is 0 Å². The molecule has 0 aliphatic carbocycles. The van der Waals surface area contributed by atoms with Crippen molar-refractivity contribution in [2.45, 2.75) is 13.3 Å². The number of nitrogens with zero attached hydrogens (tertiary/aromatic N) is 3. The van der Waals surface area contributed by atoms with Crippen LogP contribution < -0.4 is 5.43 Å². The molecule has 2 aromatic carbocycles. The fourth-order valence-electron chi connectivity index (χ4n) is 3.72. The number of halogens is 3. The molecule has 2 heterocycles. The van der Waals surface area contributed by atoms with Gasteiger partial charge in [0.1, 0.15) is 5.82 Å². The molecule has 1 aromatic heterocycles. The summed E-state index contributed by atoms with van der Waals surface area (Å²) in [5.41, 5.74) is 5.67. The van der Waals surface area contributed by atoms with Crippen molar-refractivity contribution in [3.63, 3.8) is 0 Å². The predicted molar refractivity (Wildman–Crippen MR) is 134 cm³/mol. The van der Waals surface area contributed by atoms with E-state index in [0.29, 0.717) is 23.4 Å². The molecule has 1 saturated heterocycles. The van der Waals surface area contributed by atoms with Gasteiger partial charge in [0.05, 0.1) is 27.9 Å². The summed E-state index contributed by atoms with van der Waals surface area (Å²) in [6.45, 7) is 2.35. The van der Waals surface area contributed by atoms with E-state index >= 15 is 0 Å². The maximum absolute atomic E-state index is 13.7. The van der Waals surface area contributed by atoms with Crippen molar-refractivity contribution in [3.8, 4) is 16.9 Å². The zero-order valence-electron chi connectivity index (χ0n) is 17.7. The number of rotatable bonds is 5. The Kier molecular flexibility index (Phi) is 7.08. The third kappa shape index (κ3) is 5.23. The Morgan fingerprint density at radius 3 is 2.45 bits per heavy atom. The van der Waals surface area contributed by atoms with Crippen LogP contribution in [0.2, 0.25) is 5.02 Å². The van der Waals surface area contributed by atoms with Crippen LogP contribution in [-0.2, 0) is 16.3 Å². The molecule has 174 valence electrons. The van der Waals surface area contributed by atoms with Crippen molar-refractivity contribution in [1.82, 2.24) is 20.2 Å². The molecule has 1 fully saturated rings. The topological polar surface area (TPSA) is 84.3 Å². The number of carbonyl (C=O) groups excluding carboxylic acids is 1. The van der Waals surface area contributed by atoms with Crippen molar-refractivity contribution >= 4 is 49.9 Å². The van der Waals surface area contributed by atoms with Crippen molar-refractivity contribution < 1.29 is 17.6 Å². The van der Waals surface area contributed by atoms with E-state index in [4.69, 9.17) is 11.6 Å². The maximum atomic E-state index is 13.7. The third-order valence-electron chi connectivity index (χ3n) is 5.41. The first-order valence-electron chi connectivity index (χ1n) is 10.3. The van der Waals surface area contributed by atoms with E-state index in [0.717, 1.165) is 9.13 Å². The number of nitrogens with one attached hydrogen (secondary N) is 1. The normalized spacial score (nSPS) is 16.0. The zero-order chi connectivity index (χ0) is 23.8. The van der Waals surface area contributed by atoms with Crippen LogP contribution in [0.15, 0.2) is 42.5 Å². The van der Waals surface area contributed by atoms with Gasteiger partial charge in [-0.25, -0.2) is 22.5 Å². The van der Waals surface area contributed by atoms with Crippen molar-refractivity contribution in [1.29, 1.82) is 0 Å².